The average molecular weight is 401 g/mol. The zero-order valence-electron chi connectivity index (χ0n) is 16.7. The number of aromatic nitrogens is 4. The Bertz CT molecular complexity index is 1050. The molecule has 1 aromatic heterocycles. The lowest BCUT2D eigenvalue weighted by Gasteiger charge is -2.08. The number of hydrogen-bond donors (Lipinski definition) is 1. The third kappa shape index (κ3) is 5.01. The van der Waals surface area contributed by atoms with Gasteiger partial charge in [0.15, 0.2) is 0 Å². The standard InChI is InChI=1S/C23H23N5O2/c1-29-21-11-7-18(8-12-21)15-16-24-17-19-9-13-22(14-10-19)30-23-25-26-27-28(23)20-5-3-2-4-6-20/h2-14,24H,15-17H2,1H3. The van der Waals surface area contributed by atoms with E-state index in [-0.39, 0.29) is 0 Å². The Kier molecular flexibility index (Phi) is 6.31. The van der Waals surface area contributed by atoms with Crippen LogP contribution in [0.15, 0.2) is 78.9 Å². The van der Waals surface area contributed by atoms with Crippen molar-refractivity contribution >= 4 is 0 Å². The molecule has 0 bridgehead atoms. The van der Waals surface area contributed by atoms with Crippen LogP contribution in [0.4, 0.5) is 0 Å². The van der Waals surface area contributed by atoms with Crippen molar-refractivity contribution in [2.24, 2.45) is 0 Å². The average Bonchev–Trinajstić information content (AvgIpc) is 3.27. The Hall–Kier alpha value is -3.71. The van der Waals surface area contributed by atoms with Crippen LogP contribution in [-0.4, -0.2) is 33.9 Å². The number of ether oxygens (including phenoxy) is 2. The normalized spacial score (nSPS) is 10.7. The first-order valence-corrected chi connectivity index (χ1v) is 9.76. The molecule has 0 unspecified atom stereocenters. The quantitative estimate of drug-likeness (QED) is 0.430. The van der Waals surface area contributed by atoms with E-state index in [9.17, 15) is 0 Å². The minimum atomic E-state index is 0.326. The molecular weight excluding hydrogens is 378 g/mol. The molecule has 0 saturated carbocycles. The van der Waals surface area contributed by atoms with Gasteiger partial charge < -0.3 is 14.8 Å². The van der Waals surface area contributed by atoms with Crippen molar-refractivity contribution < 1.29 is 9.47 Å². The van der Waals surface area contributed by atoms with Crippen LogP contribution in [0.5, 0.6) is 17.5 Å². The topological polar surface area (TPSA) is 74.1 Å². The van der Waals surface area contributed by atoms with Gasteiger partial charge >= 0.3 is 6.01 Å². The van der Waals surface area contributed by atoms with Crippen LogP contribution >= 0.6 is 0 Å². The molecule has 0 atom stereocenters. The second kappa shape index (κ2) is 9.67. The minimum Gasteiger partial charge on any atom is -0.497 e. The summed E-state index contributed by atoms with van der Waals surface area (Å²) in [5, 5.41) is 15.2. The Morgan fingerprint density at radius 2 is 1.53 bits per heavy atom. The number of para-hydroxylation sites is 1. The van der Waals surface area contributed by atoms with Gasteiger partial charge in [-0.25, -0.2) is 0 Å². The van der Waals surface area contributed by atoms with Crippen LogP contribution in [0, 0.1) is 0 Å². The fraction of sp³-hybridized carbons (Fsp3) is 0.174. The van der Waals surface area contributed by atoms with Gasteiger partial charge in [0, 0.05) is 6.54 Å². The van der Waals surface area contributed by atoms with E-state index in [4.69, 9.17) is 9.47 Å². The van der Waals surface area contributed by atoms with Crippen molar-refractivity contribution in [2.45, 2.75) is 13.0 Å². The van der Waals surface area contributed by atoms with E-state index < -0.39 is 0 Å². The summed E-state index contributed by atoms with van der Waals surface area (Å²) in [4.78, 5) is 0. The zero-order chi connectivity index (χ0) is 20.6. The van der Waals surface area contributed by atoms with Crippen LogP contribution in [0.2, 0.25) is 0 Å². The third-order valence-corrected chi connectivity index (χ3v) is 4.65. The number of nitrogens with one attached hydrogen (secondary N) is 1. The SMILES string of the molecule is COc1ccc(CCNCc2ccc(Oc3nnnn3-c3ccccc3)cc2)cc1. The van der Waals surface area contributed by atoms with Gasteiger partial charge in [0.05, 0.1) is 12.8 Å². The molecule has 7 nitrogen and oxygen atoms in total. The maximum Gasteiger partial charge on any atom is 0.345 e. The van der Waals surface area contributed by atoms with Gasteiger partial charge in [-0.2, -0.15) is 4.68 Å². The summed E-state index contributed by atoms with van der Waals surface area (Å²) in [5.41, 5.74) is 3.30. The summed E-state index contributed by atoms with van der Waals surface area (Å²) < 4.78 is 12.6. The van der Waals surface area contributed by atoms with Gasteiger partial charge in [-0.3, -0.25) is 0 Å². The number of nitrogens with zero attached hydrogens (tertiary/aromatic N) is 4. The second-order valence-corrected chi connectivity index (χ2v) is 6.73. The molecular formula is C23H23N5O2. The molecule has 0 amide bonds. The number of rotatable bonds is 9. The van der Waals surface area contributed by atoms with Gasteiger partial charge in [0.2, 0.25) is 0 Å². The lowest BCUT2D eigenvalue weighted by molar-refractivity contribution is 0.414. The molecule has 1 heterocycles. The van der Waals surface area contributed by atoms with E-state index in [0.717, 1.165) is 30.9 Å². The molecule has 7 heteroatoms. The Morgan fingerprint density at radius 3 is 2.27 bits per heavy atom. The van der Waals surface area contributed by atoms with Crippen LogP contribution < -0.4 is 14.8 Å². The molecule has 4 rings (SSSR count). The molecule has 30 heavy (non-hydrogen) atoms. The first-order chi connectivity index (χ1) is 14.8. The summed E-state index contributed by atoms with van der Waals surface area (Å²) in [5.74, 6) is 1.57. The van der Waals surface area contributed by atoms with Crippen LogP contribution in [0.25, 0.3) is 5.69 Å². The van der Waals surface area contributed by atoms with E-state index in [1.807, 2.05) is 66.7 Å². The van der Waals surface area contributed by atoms with Gasteiger partial charge in [-0.05, 0) is 70.9 Å². The van der Waals surface area contributed by atoms with Crippen LogP contribution in [-0.2, 0) is 13.0 Å². The molecule has 1 N–H and O–H groups in total. The van der Waals surface area contributed by atoms with Crippen LogP contribution in [0.3, 0.4) is 0 Å². The maximum absolute atomic E-state index is 5.86. The third-order valence-electron chi connectivity index (χ3n) is 4.65. The van der Waals surface area contributed by atoms with Gasteiger partial charge in [-0.1, -0.05) is 47.6 Å². The van der Waals surface area contributed by atoms with Crippen molar-refractivity contribution in [3.8, 4) is 23.2 Å². The summed E-state index contributed by atoms with van der Waals surface area (Å²) in [6.07, 6.45) is 0.966. The van der Waals surface area contributed by atoms with Gasteiger partial charge in [0.25, 0.3) is 0 Å². The molecule has 0 aliphatic carbocycles. The second-order valence-electron chi connectivity index (χ2n) is 6.73. The lowest BCUT2D eigenvalue weighted by Crippen LogP contribution is -2.16. The van der Waals surface area contributed by atoms with Crippen molar-refractivity contribution in [1.29, 1.82) is 0 Å². The molecule has 0 spiro atoms. The summed E-state index contributed by atoms with van der Waals surface area (Å²) in [6.45, 7) is 1.69. The van der Waals surface area contributed by atoms with Gasteiger partial charge in [0.1, 0.15) is 11.5 Å². The number of methoxy groups -OCH3 is 1. The van der Waals surface area contributed by atoms with Crippen molar-refractivity contribution in [3.05, 3.63) is 90.0 Å². The molecule has 3 aromatic carbocycles. The zero-order valence-corrected chi connectivity index (χ0v) is 16.7. The molecule has 0 fully saturated rings. The summed E-state index contributed by atoms with van der Waals surface area (Å²) >= 11 is 0. The number of tetrazole rings is 1. The van der Waals surface area contributed by atoms with E-state index in [1.165, 1.54) is 11.1 Å². The smallest absolute Gasteiger partial charge is 0.345 e. The summed E-state index contributed by atoms with van der Waals surface area (Å²) in [6, 6.07) is 26.0. The van der Waals surface area contributed by atoms with E-state index in [1.54, 1.807) is 11.8 Å². The predicted octanol–water partition coefficient (Wildman–Crippen LogP) is 3.80. The molecule has 0 radical (unpaired) electrons. The highest BCUT2D eigenvalue weighted by molar-refractivity contribution is 5.34. The molecule has 0 saturated heterocycles. The lowest BCUT2D eigenvalue weighted by atomic mass is 10.1. The van der Waals surface area contributed by atoms with Crippen LogP contribution in [0.1, 0.15) is 11.1 Å². The van der Waals surface area contributed by atoms with E-state index >= 15 is 0 Å². The highest BCUT2D eigenvalue weighted by Crippen LogP contribution is 2.21. The summed E-state index contributed by atoms with van der Waals surface area (Å²) in [7, 11) is 1.68. The Morgan fingerprint density at radius 1 is 0.833 bits per heavy atom. The largest absolute Gasteiger partial charge is 0.497 e. The minimum absolute atomic E-state index is 0.326. The maximum atomic E-state index is 5.86. The van der Waals surface area contributed by atoms with Crippen molar-refractivity contribution in [2.75, 3.05) is 13.7 Å². The van der Waals surface area contributed by atoms with Gasteiger partial charge in [-0.15, -0.1) is 0 Å². The number of benzene rings is 3. The highest BCUT2D eigenvalue weighted by atomic mass is 16.5. The molecule has 152 valence electrons. The number of hydrogen-bond acceptors (Lipinski definition) is 6. The molecule has 0 aliphatic heterocycles. The van der Waals surface area contributed by atoms with E-state index in [0.29, 0.717) is 11.8 Å². The fourth-order valence-electron chi connectivity index (χ4n) is 3.01. The first-order valence-electron chi connectivity index (χ1n) is 9.76. The first kappa shape index (κ1) is 19.6. The Labute approximate surface area is 175 Å². The van der Waals surface area contributed by atoms with Crippen molar-refractivity contribution in [3.63, 3.8) is 0 Å². The highest BCUT2D eigenvalue weighted by Gasteiger charge is 2.10. The molecule has 0 aliphatic rings. The molecule has 4 aromatic rings. The monoisotopic (exact) mass is 401 g/mol. The fourth-order valence-corrected chi connectivity index (χ4v) is 3.01. The Balaban J connectivity index is 1.28. The predicted molar refractivity (Wildman–Crippen MR) is 114 cm³/mol. The van der Waals surface area contributed by atoms with E-state index in [2.05, 4.69) is 33.0 Å². The van der Waals surface area contributed by atoms with Crippen molar-refractivity contribution in [1.82, 2.24) is 25.5 Å².